The summed E-state index contributed by atoms with van der Waals surface area (Å²) in [5, 5.41) is 15.3. The molecule has 0 radical (unpaired) electrons. The van der Waals surface area contributed by atoms with Crippen molar-refractivity contribution < 1.29 is 5.11 Å². The van der Waals surface area contributed by atoms with Crippen LogP contribution < -0.4 is 0 Å². The Kier molecular flexibility index (Phi) is 4.05. The highest BCUT2D eigenvalue weighted by molar-refractivity contribution is 5.13. The summed E-state index contributed by atoms with van der Waals surface area (Å²) in [6.07, 6.45) is 6.82. The molecule has 0 saturated heterocycles. The quantitative estimate of drug-likeness (QED) is 0.903. The first-order chi connectivity index (χ1) is 8.87. The monoisotopic (exact) mass is 264 g/mol. The van der Waals surface area contributed by atoms with E-state index in [-0.39, 0.29) is 0 Å². The first-order valence-corrected chi connectivity index (χ1v) is 7.61. The van der Waals surface area contributed by atoms with Gasteiger partial charge in [-0.05, 0) is 49.5 Å². The van der Waals surface area contributed by atoms with Crippen molar-refractivity contribution in [2.24, 2.45) is 11.3 Å². The second kappa shape index (κ2) is 5.28. The van der Waals surface area contributed by atoms with E-state index in [2.05, 4.69) is 32.8 Å². The molecule has 0 spiro atoms. The minimum absolute atomic E-state index is 0.352. The van der Waals surface area contributed by atoms with E-state index < -0.39 is 5.60 Å². The molecule has 2 rings (SSSR count). The predicted molar refractivity (Wildman–Crippen MR) is 77.8 cm³/mol. The fourth-order valence-electron chi connectivity index (χ4n) is 3.34. The van der Waals surface area contributed by atoms with Crippen LogP contribution in [0.1, 0.15) is 65.5 Å². The Morgan fingerprint density at radius 3 is 2.53 bits per heavy atom. The Hall–Kier alpha value is -0.830. The van der Waals surface area contributed by atoms with Gasteiger partial charge >= 0.3 is 0 Å². The number of aryl methyl sites for hydroxylation is 1. The van der Waals surface area contributed by atoms with Crippen molar-refractivity contribution >= 4 is 0 Å². The van der Waals surface area contributed by atoms with Crippen LogP contribution in [0.5, 0.6) is 0 Å². The van der Waals surface area contributed by atoms with Crippen molar-refractivity contribution in [1.82, 2.24) is 9.78 Å². The molecular weight excluding hydrogens is 236 g/mol. The summed E-state index contributed by atoms with van der Waals surface area (Å²) in [5.74, 6) is 0.718. The third-order valence-electron chi connectivity index (χ3n) is 4.67. The van der Waals surface area contributed by atoms with Crippen LogP contribution in [0.2, 0.25) is 0 Å². The zero-order valence-corrected chi connectivity index (χ0v) is 12.8. The number of hydrogen-bond acceptors (Lipinski definition) is 2. The summed E-state index contributed by atoms with van der Waals surface area (Å²) in [5.41, 5.74) is 0.708. The molecule has 1 N–H and O–H groups in total. The first kappa shape index (κ1) is 14.6. The Bertz CT molecular complexity index is 409. The average molecular weight is 264 g/mol. The number of aromatic nitrogens is 2. The Morgan fingerprint density at radius 2 is 2.00 bits per heavy atom. The molecule has 1 saturated carbocycles. The van der Waals surface area contributed by atoms with Gasteiger partial charge in [-0.25, -0.2) is 0 Å². The molecule has 1 heterocycles. The van der Waals surface area contributed by atoms with E-state index in [1.165, 1.54) is 0 Å². The Morgan fingerprint density at radius 1 is 1.37 bits per heavy atom. The van der Waals surface area contributed by atoms with Crippen LogP contribution in [0.15, 0.2) is 12.3 Å². The molecule has 0 unspecified atom stereocenters. The van der Waals surface area contributed by atoms with Gasteiger partial charge < -0.3 is 5.11 Å². The average Bonchev–Trinajstić information content (AvgIpc) is 2.78. The highest BCUT2D eigenvalue weighted by atomic mass is 16.3. The fourth-order valence-corrected chi connectivity index (χ4v) is 3.34. The molecule has 19 heavy (non-hydrogen) atoms. The largest absolute Gasteiger partial charge is 0.384 e. The molecule has 0 aliphatic heterocycles. The lowest BCUT2D eigenvalue weighted by molar-refractivity contribution is -0.0364. The van der Waals surface area contributed by atoms with Crippen LogP contribution in [0, 0.1) is 11.3 Å². The van der Waals surface area contributed by atoms with Crippen LogP contribution in [-0.4, -0.2) is 14.9 Å². The molecule has 1 fully saturated rings. The van der Waals surface area contributed by atoms with Gasteiger partial charge in [0.2, 0.25) is 0 Å². The number of aliphatic hydroxyl groups is 1. The maximum atomic E-state index is 11.0. The molecule has 1 aromatic rings. The molecule has 1 aliphatic carbocycles. The molecule has 0 atom stereocenters. The highest BCUT2D eigenvalue weighted by Crippen LogP contribution is 2.45. The summed E-state index contributed by atoms with van der Waals surface area (Å²) in [6.45, 7) is 9.97. The summed E-state index contributed by atoms with van der Waals surface area (Å²) >= 11 is 0. The molecule has 0 bridgehead atoms. The van der Waals surface area contributed by atoms with Gasteiger partial charge in [-0.2, -0.15) is 5.10 Å². The zero-order valence-electron chi connectivity index (χ0n) is 12.8. The van der Waals surface area contributed by atoms with Crippen LogP contribution in [0.3, 0.4) is 0 Å². The van der Waals surface area contributed by atoms with E-state index in [1.54, 1.807) is 0 Å². The maximum Gasteiger partial charge on any atom is 0.106 e. The van der Waals surface area contributed by atoms with E-state index in [0.717, 1.165) is 50.3 Å². The van der Waals surface area contributed by atoms with Crippen molar-refractivity contribution in [2.45, 2.75) is 71.9 Å². The SMILES string of the molecule is CCCn1nccc1C1(O)CCC(C(C)(C)C)CC1. The van der Waals surface area contributed by atoms with Gasteiger partial charge in [0.05, 0.1) is 5.69 Å². The van der Waals surface area contributed by atoms with Crippen molar-refractivity contribution in [3.8, 4) is 0 Å². The maximum absolute atomic E-state index is 11.0. The summed E-state index contributed by atoms with van der Waals surface area (Å²) in [4.78, 5) is 0. The second-order valence-electron chi connectivity index (χ2n) is 7.11. The van der Waals surface area contributed by atoms with Gasteiger partial charge in [0.1, 0.15) is 5.60 Å². The third kappa shape index (κ3) is 3.02. The number of nitrogens with zero attached hydrogens (tertiary/aromatic N) is 2. The van der Waals surface area contributed by atoms with E-state index in [1.807, 2.05) is 16.9 Å². The van der Waals surface area contributed by atoms with Gasteiger partial charge in [0.25, 0.3) is 0 Å². The molecule has 0 amide bonds. The Labute approximate surface area is 117 Å². The molecule has 3 nitrogen and oxygen atoms in total. The lowest BCUT2D eigenvalue weighted by Gasteiger charge is -2.41. The molecule has 1 aromatic heterocycles. The van der Waals surface area contributed by atoms with Crippen LogP contribution in [0.4, 0.5) is 0 Å². The number of rotatable bonds is 3. The molecular formula is C16H28N2O. The predicted octanol–water partition coefficient (Wildman–Crippen LogP) is 3.72. The summed E-state index contributed by atoms with van der Waals surface area (Å²) in [7, 11) is 0. The van der Waals surface area contributed by atoms with Crippen molar-refractivity contribution in [1.29, 1.82) is 0 Å². The van der Waals surface area contributed by atoms with Crippen molar-refractivity contribution in [3.63, 3.8) is 0 Å². The smallest absolute Gasteiger partial charge is 0.106 e. The van der Waals surface area contributed by atoms with E-state index in [4.69, 9.17) is 0 Å². The minimum atomic E-state index is -0.659. The van der Waals surface area contributed by atoms with Gasteiger partial charge in [0.15, 0.2) is 0 Å². The van der Waals surface area contributed by atoms with E-state index >= 15 is 0 Å². The standard InChI is InChI=1S/C16H28N2O/c1-5-12-18-14(8-11-17-18)16(19)9-6-13(7-10-16)15(2,3)4/h8,11,13,19H,5-7,9-10,12H2,1-4H3. The van der Waals surface area contributed by atoms with Gasteiger partial charge in [-0.1, -0.05) is 27.7 Å². The van der Waals surface area contributed by atoms with Crippen LogP contribution in [0.25, 0.3) is 0 Å². The van der Waals surface area contributed by atoms with Crippen LogP contribution >= 0.6 is 0 Å². The second-order valence-corrected chi connectivity index (χ2v) is 7.11. The molecule has 0 aromatic carbocycles. The van der Waals surface area contributed by atoms with Gasteiger partial charge in [-0.3, -0.25) is 4.68 Å². The lowest BCUT2D eigenvalue weighted by atomic mass is 9.67. The van der Waals surface area contributed by atoms with Gasteiger partial charge in [-0.15, -0.1) is 0 Å². The first-order valence-electron chi connectivity index (χ1n) is 7.61. The minimum Gasteiger partial charge on any atom is -0.384 e. The normalized spacial score (nSPS) is 28.6. The van der Waals surface area contributed by atoms with E-state index in [0.29, 0.717) is 5.41 Å². The van der Waals surface area contributed by atoms with Crippen molar-refractivity contribution in [2.75, 3.05) is 0 Å². The third-order valence-corrected chi connectivity index (χ3v) is 4.67. The summed E-state index contributed by atoms with van der Waals surface area (Å²) in [6, 6.07) is 1.99. The molecule has 1 aliphatic rings. The van der Waals surface area contributed by atoms with Crippen molar-refractivity contribution in [3.05, 3.63) is 18.0 Å². The highest BCUT2D eigenvalue weighted by Gasteiger charge is 2.40. The molecule has 108 valence electrons. The van der Waals surface area contributed by atoms with Gasteiger partial charge in [0, 0.05) is 12.7 Å². The zero-order chi connectivity index (χ0) is 14.1. The number of hydrogen-bond donors (Lipinski definition) is 1. The topological polar surface area (TPSA) is 38.0 Å². The Balaban J connectivity index is 2.11. The van der Waals surface area contributed by atoms with Crippen LogP contribution in [-0.2, 0) is 12.1 Å². The molecule has 3 heteroatoms. The fraction of sp³-hybridized carbons (Fsp3) is 0.812. The summed E-state index contributed by atoms with van der Waals surface area (Å²) < 4.78 is 1.98. The van der Waals surface area contributed by atoms with E-state index in [9.17, 15) is 5.11 Å². The lowest BCUT2D eigenvalue weighted by Crippen LogP contribution is -2.37.